The van der Waals surface area contributed by atoms with Gasteiger partial charge in [-0.3, -0.25) is 4.79 Å². The molecule has 4 nitrogen and oxygen atoms in total. The van der Waals surface area contributed by atoms with Crippen molar-refractivity contribution in [2.45, 2.75) is 38.6 Å². The highest BCUT2D eigenvalue weighted by atomic mass is 35.5. The van der Waals surface area contributed by atoms with E-state index in [9.17, 15) is 9.59 Å². The van der Waals surface area contributed by atoms with Crippen molar-refractivity contribution in [3.05, 3.63) is 33.8 Å². The monoisotopic (exact) mass is 343 g/mol. The van der Waals surface area contributed by atoms with Crippen LogP contribution in [0.5, 0.6) is 0 Å². The molecule has 120 valence electrons. The van der Waals surface area contributed by atoms with E-state index in [0.717, 1.165) is 19.3 Å². The first kappa shape index (κ1) is 17.1. The highest BCUT2D eigenvalue weighted by Crippen LogP contribution is 2.24. The van der Waals surface area contributed by atoms with E-state index in [4.69, 9.17) is 27.9 Å². The zero-order valence-electron chi connectivity index (χ0n) is 12.4. The molecule has 1 N–H and O–H groups in total. The lowest BCUT2D eigenvalue weighted by molar-refractivity contribution is -0.125. The van der Waals surface area contributed by atoms with Gasteiger partial charge in [-0.2, -0.15) is 0 Å². The Hall–Kier alpha value is -1.26. The molecule has 0 aliphatic heterocycles. The third-order valence-electron chi connectivity index (χ3n) is 3.95. The molecule has 1 fully saturated rings. The van der Waals surface area contributed by atoms with Crippen molar-refractivity contribution in [1.29, 1.82) is 0 Å². The first-order valence-corrected chi connectivity index (χ1v) is 8.14. The topological polar surface area (TPSA) is 55.4 Å². The second kappa shape index (κ2) is 7.84. The standard InChI is InChI=1S/C16H19Cl2NO3/c1-10-4-2-3-5-14(10)19-15(20)9-22-16(21)11-6-7-12(17)13(18)8-11/h6-8,10,14H,2-5,9H2,1H3,(H,19,20)/t10-,14-/m0/s1. The Morgan fingerprint density at radius 2 is 1.95 bits per heavy atom. The zero-order chi connectivity index (χ0) is 16.1. The van der Waals surface area contributed by atoms with Gasteiger partial charge in [0, 0.05) is 6.04 Å². The summed E-state index contributed by atoms with van der Waals surface area (Å²) in [7, 11) is 0. The fraction of sp³-hybridized carbons (Fsp3) is 0.500. The summed E-state index contributed by atoms with van der Waals surface area (Å²) in [6.07, 6.45) is 4.43. The van der Waals surface area contributed by atoms with Gasteiger partial charge in [-0.1, -0.05) is 43.0 Å². The quantitative estimate of drug-likeness (QED) is 0.845. The minimum Gasteiger partial charge on any atom is -0.452 e. The van der Waals surface area contributed by atoms with Crippen LogP contribution in [0.1, 0.15) is 43.0 Å². The number of carbonyl (C=O) groups excluding carboxylic acids is 2. The summed E-state index contributed by atoms with van der Waals surface area (Å²) in [6.45, 7) is 1.84. The second-order valence-electron chi connectivity index (χ2n) is 5.64. The number of halogens is 2. The summed E-state index contributed by atoms with van der Waals surface area (Å²) >= 11 is 11.6. The number of rotatable bonds is 4. The maximum atomic E-state index is 11.9. The number of hydrogen-bond acceptors (Lipinski definition) is 3. The van der Waals surface area contributed by atoms with Crippen molar-refractivity contribution in [3.8, 4) is 0 Å². The van der Waals surface area contributed by atoms with E-state index in [1.54, 1.807) is 0 Å². The average molecular weight is 344 g/mol. The van der Waals surface area contributed by atoms with Crippen LogP contribution < -0.4 is 5.32 Å². The largest absolute Gasteiger partial charge is 0.452 e. The summed E-state index contributed by atoms with van der Waals surface area (Å²) in [5.74, 6) is -0.402. The van der Waals surface area contributed by atoms with Crippen LogP contribution in [-0.4, -0.2) is 24.5 Å². The van der Waals surface area contributed by atoms with Gasteiger partial charge in [0.15, 0.2) is 6.61 Å². The molecule has 2 rings (SSSR count). The summed E-state index contributed by atoms with van der Waals surface area (Å²) in [5.41, 5.74) is 0.272. The Labute approximate surface area is 140 Å². The van der Waals surface area contributed by atoms with Gasteiger partial charge >= 0.3 is 5.97 Å². The Bertz CT molecular complexity index is 562. The van der Waals surface area contributed by atoms with Crippen molar-refractivity contribution in [2.75, 3.05) is 6.61 Å². The third-order valence-corrected chi connectivity index (χ3v) is 4.69. The molecule has 0 bridgehead atoms. The number of carbonyl (C=O) groups is 2. The fourth-order valence-electron chi connectivity index (χ4n) is 2.62. The molecular formula is C16H19Cl2NO3. The number of hydrogen-bond donors (Lipinski definition) is 1. The predicted octanol–water partition coefficient (Wildman–Crippen LogP) is 3.85. The van der Waals surface area contributed by atoms with Crippen LogP contribution >= 0.6 is 23.2 Å². The van der Waals surface area contributed by atoms with Crippen molar-refractivity contribution < 1.29 is 14.3 Å². The first-order chi connectivity index (χ1) is 10.5. The number of benzene rings is 1. The van der Waals surface area contributed by atoms with E-state index in [1.807, 2.05) is 0 Å². The molecule has 0 spiro atoms. The molecule has 0 heterocycles. The van der Waals surface area contributed by atoms with Gasteiger partial charge < -0.3 is 10.1 Å². The van der Waals surface area contributed by atoms with E-state index < -0.39 is 5.97 Å². The van der Waals surface area contributed by atoms with Crippen LogP contribution in [0, 0.1) is 5.92 Å². The molecule has 1 amide bonds. The zero-order valence-corrected chi connectivity index (χ0v) is 13.9. The SMILES string of the molecule is C[C@H]1CCCC[C@@H]1NC(=O)COC(=O)c1ccc(Cl)c(Cl)c1. The molecule has 1 saturated carbocycles. The number of esters is 1. The van der Waals surface area contributed by atoms with Gasteiger partial charge in [-0.25, -0.2) is 4.79 Å². The molecule has 1 aliphatic carbocycles. The van der Waals surface area contributed by atoms with Crippen LogP contribution in [0.25, 0.3) is 0 Å². The van der Waals surface area contributed by atoms with Crippen LogP contribution in [0.2, 0.25) is 10.0 Å². The first-order valence-electron chi connectivity index (χ1n) is 7.39. The van der Waals surface area contributed by atoms with Crippen molar-refractivity contribution >= 4 is 35.1 Å². The summed E-state index contributed by atoms with van der Waals surface area (Å²) in [6, 6.07) is 4.62. The number of amides is 1. The minimum absolute atomic E-state index is 0.171. The molecule has 6 heteroatoms. The average Bonchev–Trinajstić information content (AvgIpc) is 2.50. The van der Waals surface area contributed by atoms with E-state index in [2.05, 4.69) is 12.2 Å². The van der Waals surface area contributed by atoms with Crippen molar-refractivity contribution in [1.82, 2.24) is 5.32 Å². The lowest BCUT2D eigenvalue weighted by Crippen LogP contribution is -2.42. The highest BCUT2D eigenvalue weighted by Gasteiger charge is 2.23. The lowest BCUT2D eigenvalue weighted by Gasteiger charge is -2.29. The summed E-state index contributed by atoms with van der Waals surface area (Å²) in [5, 5.41) is 3.57. The van der Waals surface area contributed by atoms with Gasteiger partial charge in [-0.05, 0) is 37.0 Å². The minimum atomic E-state index is -0.592. The van der Waals surface area contributed by atoms with Crippen LogP contribution in [0.3, 0.4) is 0 Å². The van der Waals surface area contributed by atoms with Crippen LogP contribution in [0.4, 0.5) is 0 Å². The maximum Gasteiger partial charge on any atom is 0.338 e. The van der Waals surface area contributed by atoms with Crippen molar-refractivity contribution in [3.63, 3.8) is 0 Å². The van der Waals surface area contributed by atoms with E-state index in [0.29, 0.717) is 10.9 Å². The normalized spacial score (nSPS) is 21.2. The highest BCUT2D eigenvalue weighted by molar-refractivity contribution is 6.42. The number of ether oxygens (including phenoxy) is 1. The van der Waals surface area contributed by atoms with Gasteiger partial charge in [0.05, 0.1) is 15.6 Å². The molecule has 2 atom stereocenters. The Morgan fingerprint density at radius 1 is 1.23 bits per heavy atom. The van der Waals surface area contributed by atoms with Gasteiger partial charge in [0.1, 0.15) is 0 Å². The molecular weight excluding hydrogens is 325 g/mol. The Kier molecular flexibility index (Phi) is 6.09. The smallest absolute Gasteiger partial charge is 0.338 e. The van der Waals surface area contributed by atoms with E-state index in [-0.39, 0.29) is 29.1 Å². The lowest BCUT2D eigenvalue weighted by atomic mass is 9.86. The fourth-order valence-corrected chi connectivity index (χ4v) is 2.91. The van der Waals surface area contributed by atoms with Gasteiger partial charge in [0.2, 0.25) is 0 Å². The maximum absolute atomic E-state index is 11.9. The van der Waals surface area contributed by atoms with Crippen LogP contribution in [0.15, 0.2) is 18.2 Å². The summed E-state index contributed by atoms with van der Waals surface area (Å²) in [4.78, 5) is 23.7. The number of nitrogens with one attached hydrogen (secondary N) is 1. The van der Waals surface area contributed by atoms with Crippen molar-refractivity contribution in [2.24, 2.45) is 5.92 Å². The molecule has 0 saturated heterocycles. The van der Waals surface area contributed by atoms with Crippen LogP contribution in [-0.2, 0) is 9.53 Å². The molecule has 1 aromatic carbocycles. The molecule has 1 aromatic rings. The van der Waals surface area contributed by atoms with E-state index >= 15 is 0 Å². The molecule has 0 radical (unpaired) electrons. The second-order valence-corrected chi connectivity index (χ2v) is 6.46. The van der Waals surface area contributed by atoms with Gasteiger partial charge in [-0.15, -0.1) is 0 Å². The molecule has 22 heavy (non-hydrogen) atoms. The Balaban J connectivity index is 1.82. The molecule has 1 aliphatic rings. The molecule has 0 unspecified atom stereocenters. The third kappa shape index (κ3) is 4.62. The molecule has 0 aromatic heterocycles. The van der Waals surface area contributed by atoms with E-state index in [1.165, 1.54) is 24.6 Å². The summed E-state index contributed by atoms with van der Waals surface area (Å²) < 4.78 is 5.01. The van der Waals surface area contributed by atoms with Gasteiger partial charge in [0.25, 0.3) is 5.91 Å². The predicted molar refractivity (Wildman–Crippen MR) is 86.3 cm³/mol. The Morgan fingerprint density at radius 3 is 2.64 bits per heavy atom.